The SMILES string of the molecule is Cc1ncsc1-c1ccc(CNC(=O)[C@@H]2C[C@@H](O)CN2C(=O)[C@@H](NC(=O)CCCCCCCCCCC(=O)OCC(C)C)C(C)(C)C)cc1. The zero-order chi connectivity index (χ0) is 36.0. The molecule has 49 heavy (non-hydrogen) atoms. The summed E-state index contributed by atoms with van der Waals surface area (Å²) in [6, 6.07) is 6.29. The van der Waals surface area contributed by atoms with Crippen LogP contribution < -0.4 is 10.6 Å². The minimum atomic E-state index is -0.828. The first kappa shape index (κ1) is 40.1. The smallest absolute Gasteiger partial charge is 0.305 e. The van der Waals surface area contributed by atoms with Gasteiger partial charge in [0.25, 0.3) is 0 Å². The summed E-state index contributed by atoms with van der Waals surface area (Å²) in [7, 11) is 0. The van der Waals surface area contributed by atoms with Crippen molar-refractivity contribution in [2.75, 3.05) is 13.2 Å². The van der Waals surface area contributed by atoms with Gasteiger partial charge in [-0.3, -0.25) is 19.2 Å². The quantitative estimate of drug-likeness (QED) is 0.115. The predicted molar refractivity (Wildman–Crippen MR) is 194 cm³/mol. The molecule has 3 amide bonds. The van der Waals surface area contributed by atoms with E-state index in [1.54, 1.807) is 11.3 Å². The number of nitrogens with one attached hydrogen (secondary N) is 2. The number of carbonyl (C=O) groups is 4. The van der Waals surface area contributed by atoms with E-state index in [4.69, 9.17) is 4.74 Å². The number of thiazole rings is 1. The molecule has 0 saturated carbocycles. The van der Waals surface area contributed by atoms with Crippen LogP contribution in [-0.2, 0) is 30.5 Å². The van der Waals surface area contributed by atoms with Crippen LogP contribution in [0.5, 0.6) is 0 Å². The molecule has 1 aliphatic rings. The molecule has 1 aliphatic heterocycles. The second kappa shape index (κ2) is 19.8. The Bertz CT molecular complexity index is 1350. The van der Waals surface area contributed by atoms with Crippen molar-refractivity contribution in [2.24, 2.45) is 11.3 Å². The van der Waals surface area contributed by atoms with E-state index in [9.17, 15) is 24.3 Å². The van der Waals surface area contributed by atoms with Crippen molar-refractivity contribution in [3.05, 3.63) is 41.0 Å². The van der Waals surface area contributed by atoms with E-state index in [1.807, 2.05) is 71.3 Å². The second-order valence-electron chi connectivity index (χ2n) is 14.8. The van der Waals surface area contributed by atoms with E-state index in [1.165, 1.54) is 4.90 Å². The second-order valence-corrected chi connectivity index (χ2v) is 15.7. The summed E-state index contributed by atoms with van der Waals surface area (Å²) in [5.74, 6) is -0.613. The van der Waals surface area contributed by atoms with Gasteiger partial charge in [-0.15, -0.1) is 11.3 Å². The molecule has 1 fully saturated rings. The number of hydrogen-bond acceptors (Lipinski definition) is 8. The fourth-order valence-corrected chi connectivity index (χ4v) is 6.77. The van der Waals surface area contributed by atoms with Crippen molar-refractivity contribution < 1.29 is 29.0 Å². The fraction of sp³-hybridized carbons (Fsp3) is 0.658. The van der Waals surface area contributed by atoms with Gasteiger partial charge >= 0.3 is 5.97 Å². The van der Waals surface area contributed by atoms with Gasteiger partial charge in [0.1, 0.15) is 12.1 Å². The number of amides is 3. The molecule has 2 heterocycles. The first-order valence-corrected chi connectivity index (χ1v) is 18.8. The van der Waals surface area contributed by atoms with Crippen LogP contribution in [0.15, 0.2) is 29.8 Å². The number of aryl methyl sites for hydroxylation is 1. The lowest BCUT2D eigenvalue weighted by Crippen LogP contribution is -2.57. The van der Waals surface area contributed by atoms with Gasteiger partial charge in [0, 0.05) is 32.4 Å². The van der Waals surface area contributed by atoms with Crippen LogP contribution in [0.25, 0.3) is 10.4 Å². The molecule has 1 saturated heterocycles. The zero-order valence-corrected chi connectivity index (χ0v) is 31.2. The molecule has 3 N–H and O–H groups in total. The highest BCUT2D eigenvalue weighted by molar-refractivity contribution is 7.13. The molecule has 1 aromatic heterocycles. The molecule has 11 heteroatoms. The Labute approximate surface area is 296 Å². The van der Waals surface area contributed by atoms with Crippen molar-refractivity contribution >= 4 is 35.0 Å². The topological polar surface area (TPSA) is 138 Å². The van der Waals surface area contributed by atoms with Crippen molar-refractivity contribution in [1.82, 2.24) is 20.5 Å². The summed E-state index contributed by atoms with van der Waals surface area (Å²) >= 11 is 1.59. The maximum atomic E-state index is 13.9. The summed E-state index contributed by atoms with van der Waals surface area (Å²) < 4.78 is 5.21. The number of β-amino-alcohol motifs (C(OH)–C–C–N with tert-alkyl or cyclic N) is 1. The zero-order valence-electron chi connectivity index (χ0n) is 30.4. The van der Waals surface area contributed by atoms with E-state index in [0.717, 1.165) is 73.1 Å². The van der Waals surface area contributed by atoms with Crippen LogP contribution >= 0.6 is 11.3 Å². The third-order valence-electron chi connectivity index (χ3n) is 8.82. The molecule has 0 bridgehead atoms. The maximum Gasteiger partial charge on any atom is 0.305 e. The van der Waals surface area contributed by atoms with E-state index in [-0.39, 0.29) is 36.7 Å². The number of esters is 1. The molecule has 0 spiro atoms. The first-order valence-electron chi connectivity index (χ1n) is 18.0. The molecule has 10 nitrogen and oxygen atoms in total. The number of aliphatic hydroxyl groups is 1. The Morgan fingerprint density at radius 1 is 0.980 bits per heavy atom. The molecule has 0 radical (unpaired) electrons. The summed E-state index contributed by atoms with van der Waals surface area (Å²) in [5, 5.41) is 16.4. The van der Waals surface area contributed by atoms with Crippen molar-refractivity contribution in [2.45, 2.75) is 137 Å². The summed E-state index contributed by atoms with van der Waals surface area (Å²) in [6.07, 6.45) is 7.97. The van der Waals surface area contributed by atoms with Crippen LogP contribution in [-0.4, -0.2) is 70.0 Å². The Kier molecular flexibility index (Phi) is 16.2. The normalized spacial score (nSPS) is 16.9. The lowest BCUT2D eigenvalue weighted by atomic mass is 9.85. The first-order chi connectivity index (χ1) is 23.3. The number of unbranched alkanes of at least 4 members (excludes halogenated alkanes) is 7. The number of hydrogen-bond donors (Lipinski definition) is 3. The highest BCUT2D eigenvalue weighted by atomic mass is 32.1. The van der Waals surface area contributed by atoms with Gasteiger partial charge in [-0.05, 0) is 42.2 Å². The number of ether oxygens (including phenoxy) is 1. The molecule has 1 aromatic carbocycles. The van der Waals surface area contributed by atoms with Gasteiger partial charge < -0.3 is 25.4 Å². The standard InChI is InChI=1S/C38H58N4O6S/c1-26(2)24-48-33(45)16-14-12-10-8-7-9-11-13-15-32(44)41-35(38(4,5)6)37(47)42-23-30(43)21-31(42)36(46)39-22-28-17-19-29(20-18-28)34-27(3)40-25-49-34/h17-20,25-26,30-31,35,43H,7-16,21-24H2,1-6H3,(H,39,46)(H,41,44)/t30-,31+,35-/m1/s1. The molecule has 3 atom stereocenters. The van der Waals surface area contributed by atoms with Gasteiger partial charge in [0.05, 0.1) is 28.8 Å². The average molecular weight is 699 g/mol. The maximum absolute atomic E-state index is 13.9. The van der Waals surface area contributed by atoms with Gasteiger partial charge in [-0.1, -0.05) is 97.4 Å². The minimum absolute atomic E-state index is 0.0461. The molecule has 0 unspecified atom stereocenters. The highest BCUT2D eigenvalue weighted by Gasteiger charge is 2.44. The summed E-state index contributed by atoms with van der Waals surface area (Å²) in [5.41, 5.74) is 4.20. The van der Waals surface area contributed by atoms with E-state index in [0.29, 0.717) is 31.9 Å². The Morgan fingerprint density at radius 2 is 1.59 bits per heavy atom. The van der Waals surface area contributed by atoms with Crippen LogP contribution in [0.2, 0.25) is 0 Å². The summed E-state index contributed by atoms with van der Waals surface area (Å²) in [4.78, 5) is 58.7. The Morgan fingerprint density at radius 3 is 2.16 bits per heavy atom. The minimum Gasteiger partial charge on any atom is -0.465 e. The van der Waals surface area contributed by atoms with Crippen LogP contribution in [0, 0.1) is 18.3 Å². The molecular weight excluding hydrogens is 641 g/mol. The lowest BCUT2D eigenvalue weighted by molar-refractivity contribution is -0.144. The molecular formula is C38H58N4O6S. The molecule has 272 valence electrons. The number of carbonyl (C=O) groups excluding carboxylic acids is 4. The van der Waals surface area contributed by atoms with Crippen molar-refractivity contribution in [1.29, 1.82) is 0 Å². The Hall–Kier alpha value is -3.31. The third-order valence-corrected chi connectivity index (χ3v) is 9.80. The van der Waals surface area contributed by atoms with Gasteiger partial charge in [-0.2, -0.15) is 0 Å². The van der Waals surface area contributed by atoms with Gasteiger partial charge in [0.2, 0.25) is 17.7 Å². The van der Waals surface area contributed by atoms with Crippen LogP contribution in [0.4, 0.5) is 0 Å². The number of benzene rings is 1. The fourth-order valence-electron chi connectivity index (χ4n) is 5.96. The van der Waals surface area contributed by atoms with Gasteiger partial charge in [0.15, 0.2) is 0 Å². The number of aliphatic hydroxyl groups excluding tert-OH is 1. The van der Waals surface area contributed by atoms with E-state index < -0.39 is 23.6 Å². The number of likely N-dealkylation sites (tertiary alicyclic amines) is 1. The highest BCUT2D eigenvalue weighted by Crippen LogP contribution is 2.28. The van der Waals surface area contributed by atoms with Crippen molar-refractivity contribution in [3.63, 3.8) is 0 Å². The number of aromatic nitrogens is 1. The number of rotatable bonds is 19. The predicted octanol–water partition coefficient (Wildman–Crippen LogP) is 6.33. The average Bonchev–Trinajstić information content (AvgIpc) is 3.66. The number of nitrogens with zero attached hydrogens (tertiary/aromatic N) is 2. The molecule has 0 aliphatic carbocycles. The summed E-state index contributed by atoms with van der Waals surface area (Å²) in [6.45, 7) is 12.5. The van der Waals surface area contributed by atoms with Crippen molar-refractivity contribution in [3.8, 4) is 10.4 Å². The monoisotopic (exact) mass is 698 g/mol. The molecule has 2 aromatic rings. The Balaban J connectivity index is 1.40. The lowest BCUT2D eigenvalue weighted by Gasteiger charge is -2.35. The van der Waals surface area contributed by atoms with E-state index >= 15 is 0 Å². The van der Waals surface area contributed by atoms with Crippen LogP contribution in [0.3, 0.4) is 0 Å². The largest absolute Gasteiger partial charge is 0.465 e. The van der Waals surface area contributed by atoms with E-state index in [2.05, 4.69) is 15.6 Å². The third kappa shape index (κ3) is 13.5. The van der Waals surface area contributed by atoms with Gasteiger partial charge in [-0.25, -0.2) is 4.98 Å². The van der Waals surface area contributed by atoms with Crippen LogP contribution in [0.1, 0.15) is 117 Å². The molecule has 3 rings (SSSR count).